The van der Waals surface area contributed by atoms with Crippen molar-refractivity contribution in [1.29, 1.82) is 0 Å². The number of pyridine rings is 2. The molecule has 0 aromatic carbocycles. The first kappa shape index (κ1) is 40.3. The lowest BCUT2D eigenvalue weighted by atomic mass is 9.92. The Morgan fingerprint density at radius 2 is 1.79 bits per heavy atom. The van der Waals surface area contributed by atoms with Crippen LogP contribution in [0.3, 0.4) is 0 Å². The van der Waals surface area contributed by atoms with E-state index in [1.165, 1.54) is 41.3 Å². The van der Waals surface area contributed by atoms with Gasteiger partial charge in [-0.3, -0.25) is 9.78 Å². The van der Waals surface area contributed by atoms with Crippen LogP contribution in [-0.4, -0.2) is 75.5 Å². The lowest BCUT2D eigenvalue weighted by molar-refractivity contribution is -0.190. The molecule has 4 heterocycles. The molecule has 12 nitrogen and oxygen atoms in total. The Bertz CT molecular complexity index is 1890. The fraction of sp³-hybridized carbons (Fsp3) is 0.583. The van der Waals surface area contributed by atoms with Crippen molar-refractivity contribution in [2.24, 2.45) is 11.3 Å². The van der Waals surface area contributed by atoms with Gasteiger partial charge >= 0.3 is 12.3 Å². The van der Waals surface area contributed by atoms with Gasteiger partial charge in [0.1, 0.15) is 15.6 Å². The van der Waals surface area contributed by atoms with Crippen molar-refractivity contribution in [2.45, 2.75) is 115 Å². The SMILES string of the molecule is CC(C)(C)OC(=O)N1CC(CCCCCc2ccc(S(=O)(=O)NC(=O)c3ccc(-n4ccc(OCCC5(C(F)(F)F)CC5)n4)nc3Cl)cn2)CC1(C)C. The number of alkyl halides is 3. The molecule has 290 valence electrons. The van der Waals surface area contributed by atoms with Gasteiger partial charge in [-0.05, 0) is 110 Å². The summed E-state index contributed by atoms with van der Waals surface area (Å²) < 4.78 is 79.7. The minimum absolute atomic E-state index is 0.0866. The van der Waals surface area contributed by atoms with Crippen molar-refractivity contribution in [1.82, 2.24) is 29.4 Å². The maximum Gasteiger partial charge on any atom is 0.410 e. The fourth-order valence-electron chi connectivity index (χ4n) is 6.50. The molecule has 2 fully saturated rings. The van der Waals surface area contributed by atoms with E-state index >= 15 is 0 Å². The molecule has 1 saturated heterocycles. The van der Waals surface area contributed by atoms with Gasteiger partial charge in [0.15, 0.2) is 5.82 Å². The molecule has 53 heavy (non-hydrogen) atoms. The third-order valence-electron chi connectivity index (χ3n) is 9.62. The summed E-state index contributed by atoms with van der Waals surface area (Å²) in [6.07, 6.45) is 3.50. The number of amides is 2. The van der Waals surface area contributed by atoms with Crippen LogP contribution in [0.5, 0.6) is 5.88 Å². The molecule has 1 aliphatic heterocycles. The number of aryl methyl sites for hydroxylation is 1. The van der Waals surface area contributed by atoms with Gasteiger partial charge in [-0.15, -0.1) is 5.10 Å². The molecule has 3 aromatic rings. The number of likely N-dealkylation sites (tertiary alicyclic amines) is 1. The Hall–Kier alpha value is -3.92. The average Bonchev–Trinajstić information content (AvgIpc) is 3.59. The van der Waals surface area contributed by atoms with Gasteiger partial charge in [0.05, 0.1) is 17.6 Å². The molecule has 0 spiro atoms. The molecule has 1 N–H and O–H groups in total. The van der Waals surface area contributed by atoms with Gasteiger partial charge in [0.25, 0.3) is 15.9 Å². The highest BCUT2D eigenvalue weighted by molar-refractivity contribution is 7.90. The molecule has 0 radical (unpaired) electrons. The van der Waals surface area contributed by atoms with Crippen LogP contribution >= 0.6 is 11.6 Å². The summed E-state index contributed by atoms with van der Waals surface area (Å²) in [6, 6.07) is 7.12. The normalized spacial score (nSPS) is 18.1. The zero-order chi connectivity index (χ0) is 38.8. The molecule has 5 rings (SSSR count). The maximum absolute atomic E-state index is 13.2. The predicted molar refractivity (Wildman–Crippen MR) is 190 cm³/mol. The first-order valence-electron chi connectivity index (χ1n) is 17.6. The molecule has 2 amide bonds. The summed E-state index contributed by atoms with van der Waals surface area (Å²) in [5.41, 5.74) is -1.97. The molecular weight excluding hydrogens is 737 g/mol. The Balaban J connectivity index is 1.06. The third-order valence-corrected chi connectivity index (χ3v) is 11.2. The Kier molecular flexibility index (Phi) is 11.7. The number of hydrogen-bond donors (Lipinski definition) is 1. The van der Waals surface area contributed by atoms with Gasteiger partial charge in [-0.1, -0.05) is 24.4 Å². The van der Waals surface area contributed by atoms with Crippen molar-refractivity contribution in [2.75, 3.05) is 13.2 Å². The van der Waals surface area contributed by atoms with Crippen molar-refractivity contribution >= 4 is 33.6 Å². The molecule has 1 atom stereocenters. The molecular formula is C36H46ClF3N6O6S. The van der Waals surface area contributed by atoms with Crippen LogP contribution in [-0.2, 0) is 21.2 Å². The number of hydrogen-bond acceptors (Lipinski definition) is 9. The van der Waals surface area contributed by atoms with E-state index in [-0.39, 0.29) is 64.8 Å². The van der Waals surface area contributed by atoms with E-state index in [0.717, 1.165) is 37.8 Å². The van der Waals surface area contributed by atoms with Crippen LogP contribution in [0.15, 0.2) is 47.6 Å². The number of sulfonamides is 1. The second-order valence-corrected chi connectivity index (χ2v) is 17.5. The number of carbonyl (C=O) groups is 2. The number of ether oxygens (including phenoxy) is 2. The van der Waals surface area contributed by atoms with Gasteiger partial charge in [-0.25, -0.2) is 27.6 Å². The van der Waals surface area contributed by atoms with Crippen molar-refractivity contribution in [3.63, 3.8) is 0 Å². The molecule has 0 bridgehead atoms. The largest absolute Gasteiger partial charge is 0.477 e. The van der Waals surface area contributed by atoms with Gasteiger partial charge in [0, 0.05) is 36.2 Å². The van der Waals surface area contributed by atoms with Crippen molar-refractivity contribution < 1.29 is 40.7 Å². The monoisotopic (exact) mass is 782 g/mol. The molecule has 1 aliphatic carbocycles. The second-order valence-electron chi connectivity index (χ2n) is 15.5. The van der Waals surface area contributed by atoms with E-state index in [1.54, 1.807) is 6.07 Å². The second kappa shape index (κ2) is 15.4. The zero-order valence-electron chi connectivity index (χ0n) is 30.5. The number of unbranched alkanes of at least 4 members (excludes halogenated alkanes) is 2. The summed E-state index contributed by atoms with van der Waals surface area (Å²) in [7, 11) is -4.28. The van der Waals surface area contributed by atoms with Gasteiger partial charge < -0.3 is 14.4 Å². The third kappa shape index (κ3) is 10.2. The minimum atomic E-state index is -4.28. The Morgan fingerprint density at radius 3 is 2.42 bits per heavy atom. The Labute approximate surface area is 312 Å². The molecule has 2 aliphatic rings. The number of nitrogens with zero attached hydrogens (tertiary/aromatic N) is 5. The summed E-state index contributed by atoms with van der Waals surface area (Å²) in [4.78, 5) is 35.6. The van der Waals surface area contributed by atoms with Crippen molar-refractivity contribution in [3.05, 3.63) is 59.1 Å². The van der Waals surface area contributed by atoms with E-state index < -0.39 is 33.1 Å². The maximum atomic E-state index is 13.2. The highest BCUT2D eigenvalue weighted by atomic mass is 35.5. The quantitative estimate of drug-likeness (QED) is 0.129. The predicted octanol–water partition coefficient (Wildman–Crippen LogP) is 7.68. The number of nitrogens with one attached hydrogen (secondary N) is 1. The first-order chi connectivity index (χ1) is 24.7. The topological polar surface area (TPSA) is 146 Å². The number of rotatable bonds is 14. The van der Waals surface area contributed by atoms with Crippen LogP contribution in [0.2, 0.25) is 5.15 Å². The molecule has 3 aromatic heterocycles. The number of carbonyl (C=O) groups excluding carboxylic acids is 2. The highest BCUT2D eigenvalue weighted by Gasteiger charge is 2.62. The van der Waals surface area contributed by atoms with Crippen molar-refractivity contribution in [3.8, 4) is 11.7 Å². The molecule has 1 unspecified atom stereocenters. The summed E-state index contributed by atoms with van der Waals surface area (Å²) in [6.45, 7) is 10.2. The minimum Gasteiger partial charge on any atom is -0.477 e. The first-order valence-corrected chi connectivity index (χ1v) is 19.5. The van der Waals surface area contributed by atoms with E-state index in [2.05, 4.69) is 28.9 Å². The number of aromatic nitrogens is 4. The van der Waals surface area contributed by atoms with Crippen LogP contribution in [0.25, 0.3) is 5.82 Å². The smallest absolute Gasteiger partial charge is 0.410 e. The van der Waals surface area contributed by atoms with Crippen LogP contribution in [0.4, 0.5) is 18.0 Å². The number of halogens is 4. The zero-order valence-corrected chi connectivity index (χ0v) is 32.1. The van der Waals surface area contributed by atoms with Gasteiger partial charge in [0.2, 0.25) is 5.88 Å². The highest BCUT2D eigenvalue weighted by Crippen LogP contribution is 2.59. The lowest BCUT2D eigenvalue weighted by Gasteiger charge is -2.33. The lowest BCUT2D eigenvalue weighted by Crippen LogP contribution is -2.45. The van der Waals surface area contributed by atoms with E-state index in [4.69, 9.17) is 21.1 Å². The average molecular weight is 783 g/mol. The van der Waals surface area contributed by atoms with Gasteiger partial charge in [-0.2, -0.15) is 13.2 Å². The standard InChI is InChI=1S/C36H46ClF3N6O6S/c1-33(2,3)52-32(48)45-23-24(21-34(45,4)5)9-7-6-8-10-25-11-12-26(22-41-25)53(49,50)44-31(47)27-13-14-28(42-30(27)37)46-19-15-29(43-46)51-20-18-35(16-17-35)36(38,39)40/h11-15,19,22,24H,6-10,16-18,20-21,23H2,1-5H3,(H,44,47). The van der Waals surface area contributed by atoms with Crippen LogP contribution in [0.1, 0.15) is 102 Å². The fourth-order valence-corrected chi connectivity index (χ4v) is 7.64. The Morgan fingerprint density at radius 1 is 1.06 bits per heavy atom. The van der Waals surface area contributed by atoms with E-state index in [9.17, 15) is 31.2 Å². The van der Waals surface area contributed by atoms with E-state index in [0.29, 0.717) is 18.9 Å². The van der Waals surface area contributed by atoms with E-state index in [1.807, 2.05) is 30.4 Å². The van der Waals surface area contributed by atoms with Crippen LogP contribution in [0, 0.1) is 11.3 Å². The molecule has 1 saturated carbocycles. The summed E-state index contributed by atoms with van der Waals surface area (Å²) in [5, 5.41) is 3.85. The molecule has 17 heteroatoms. The van der Waals surface area contributed by atoms with Crippen LogP contribution < -0.4 is 9.46 Å². The summed E-state index contributed by atoms with van der Waals surface area (Å²) in [5.74, 6) is -0.342. The summed E-state index contributed by atoms with van der Waals surface area (Å²) >= 11 is 6.24.